The molecule has 6 nitrogen and oxygen atoms in total. The van der Waals surface area contributed by atoms with Crippen LogP contribution in [0.4, 0.5) is 0 Å². The molecule has 2 aliphatic rings. The van der Waals surface area contributed by atoms with E-state index in [0.29, 0.717) is 30.7 Å². The molecule has 2 aliphatic heterocycles. The molecule has 1 aromatic heterocycles. The van der Waals surface area contributed by atoms with E-state index in [2.05, 4.69) is 5.32 Å². The van der Waals surface area contributed by atoms with Crippen LogP contribution in [0.1, 0.15) is 35.4 Å². The molecule has 0 radical (unpaired) electrons. The van der Waals surface area contributed by atoms with Crippen molar-refractivity contribution in [3.05, 3.63) is 54.0 Å². The lowest BCUT2D eigenvalue weighted by Crippen LogP contribution is -2.39. The second kappa shape index (κ2) is 6.89. The second-order valence-corrected chi connectivity index (χ2v) is 9.01. The highest BCUT2D eigenvalue weighted by molar-refractivity contribution is 7.90. The van der Waals surface area contributed by atoms with Crippen molar-refractivity contribution in [2.75, 3.05) is 13.1 Å². The quantitative estimate of drug-likeness (QED) is 0.888. The molecule has 2 bridgehead atoms. The number of fused-ring (bicyclic) bond motifs is 2. The Labute approximate surface area is 153 Å². The topological polar surface area (TPSA) is 79.6 Å². The highest BCUT2D eigenvalue weighted by Gasteiger charge is 2.33. The van der Waals surface area contributed by atoms with Gasteiger partial charge in [0.25, 0.3) is 5.91 Å². The first-order valence-electron chi connectivity index (χ1n) is 8.92. The molecule has 0 spiro atoms. The third-order valence-electron chi connectivity index (χ3n) is 5.20. The summed E-state index contributed by atoms with van der Waals surface area (Å²) in [4.78, 5) is 15.0. The Balaban J connectivity index is 1.54. The molecule has 2 unspecified atom stereocenters. The molecule has 0 saturated carbocycles. The van der Waals surface area contributed by atoms with Gasteiger partial charge in [0.1, 0.15) is 0 Å². The van der Waals surface area contributed by atoms with Crippen molar-refractivity contribution in [2.45, 2.75) is 42.0 Å². The van der Waals surface area contributed by atoms with Crippen LogP contribution in [0.25, 0.3) is 0 Å². The van der Waals surface area contributed by atoms with Crippen LogP contribution in [0.3, 0.4) is 0 Å². The Morgan fingerprint density at radius 1 is 1.12 bits per heavy atom. The van der Waals surface area contributed by atoms with Gasteiger partial charge in [-0.25, -0.2) is 8.42 Å². The van der Waals surface area contributed by atoms with Crippen molar-refractivity contribution >= 4 is 15.7 Å². The first-order valence-corrected chi connectivity index (χ1v) is 10.6. The summed E-state index contributed by atoms with van der Waals surface area (Å²) in [6.45, 7) is 1.31. The molecule has 2 fully saturated rings. The molecular formula is C19H22N2O4S. The van der Waals surface area contributed by atoms with Gasteiger partial charge in [-0.2, -0.15) is 0 Å². The van der Waals surface area contributed by atoms with Gasteiger partial charge in [-0.3, -0.25) is 4.79 Å². The Kier molecular flexibility index (Phi) is 4.58. The predicted molar refractivity (Wildman–Crippen MR) is 96.5 cm³/mol. The highest BCUT2D eigenvalue weighted by atomic mass is 32.2. The summed E-state index contributed by atoms with van der Waals surface area (Å²) in [5.74, 6) is -0.322. The third-order valence-corrected chi connectivity index (χ3v) is 6.88. The van der Waals surface area contributed by atoms with Crippen LogP contribution in [0.2, 0.25) is 0 Å². The smallest absolute Gasteiger partial charge is 0.289 e. The zero-order valence-corrected chi connectivity index (χ0v) is 15.2. The lowest BCUT2D eigenvalue weighted by atomic mass is 10.1. The number of amides is 1. The van der Waals surface area contributed by atoms with Crippen molar-refractivity contribution in [2.24, 2.45) is 0 Å². The molecule has 7 heteroatoms. The van der Waals surface area contributed by atoms with Crippen molar-refractivity contribution in [1.29, 1.82) is 0 Å². The van der Waals surface area contributed by atoms with Gasteiger partial charge < -0.3 is 14.6 Å². The van der Waals surface area contributed by atoms with Gasteiger partial charge in [0.15, 0.2) is 15.6 Å². The van der Waals surface area contributed by atoms with Crippen LogP contribution in [0, 0.1) is 0 Å². The number of carbonyl (C=O) groups is 1. The molecule has 4 rings (SSSR count). The van der Waals surface area contributed by atoms with E-state index in [4.69, 9.17) is 4.42 Å². The van der Waals surface area contributed by atoms with Crippen LogP contribution in [0.15, 0.2) is 52.0 Å². The Morgan fingerprint density at radius 2 is 1.88 bits per heavy atom. The highest BCUT2D eigenvalue weighted by Crippen LogP contribution is 2.24. The fourth-order valence-corrected chi connectivity index (χ4v) is 5.20. The molecule has 0 aliphatic carbocycles. The summed E-state index contributed by atoms with van der Waals surface area (Å²) in [6.07, 6.45) is 4.54. The van der Waals surface area contributed by atoms with Crippen molar-refractivity contribution in [1.82, 2.24) is 10.2 Å². The van der Waals surface area contributed by atoms with Gasteiger partial charge in [0.2, 0.25) is 0 Å². The number of furan rings is 1. The number of carbonyl (C=O) groups excluding carboxylic acids is 1. The maximum Gasteiger partial charge on any atom is 0.289 e. The number of hydrogen-bond donors (Lipinski definition) is 1. The van der Waals surface area contributed by atoms with Gasteiger partial charge in [-0.05, 0) is 37.5 Å². The molecule has 26 heavy (non-hydrogen) atoms. The number of nitrogens with zero attached hydrogens (tertiary/aromatic N) is 1. The van der Waals surface area contributed by atoms with Gasteiger partial charge in [0, 0.05) is 30.7 Å². The Hall–Kier alpha value is -2.12. The van der Waals surface area contributed by atoms with E-state index < -0.39 is 9.84 Å². The summed E-state index contributed by atoms with van der Waals surface area (Å²) >= 11 is 0. The maximum atomic E-state index is 12.9. The second-order valence-electron chi connectivity index (χ2n) is 7.02. The summed E-state index contributed by atoms with van der Waals surface area (Å²) in [7, 11) is -3.53. The SMILES string of the molecule is O=C(c1occc1CS(=O)(=O)c1ccccc1)N1CCC2CCC(C1)N2. The lowest BCUT2D eigenvalue weighted by Gasteiger charge is -2.23. The normalized spacial score (nSPS) is 23.0. The van der Waals surface area contributed by atoms with E-state index in [-0.39, 0.29) is 22.3 Å². The van der Waals surface area contributed by atoms with E-state index in [1.54, 1.807) is 41.3 Å². The van der Waals surface area contributed by atoms with E-state index in [1.807, 2.05) is 0 Å². The van der Waals surface area contributed by atoms with Crippen LogP contribution in [-0.2, 0) is 15.6 Å². The molecule has 2 aromatic rings. The van der Waals surface area contributed by atoms with Gasteiger partial charge >= 0.3 is 0 Å². The third kappa shape index (κ3) is 3.41. The molecule has 1 aromatic carbocycles. The molecule has 2 saturated heterocycles. The van der Waals surface area contributed by atoms with E-state index in [0.717, 1.165) is 19.3 Å². The zero-order valence-electron chi connectivity index (χ0n) is 14.4. The van der Waals surface area contributed by atoms with E-state index in [9.17, 15) is 13.2 Å². The average molecular weight is 374 g/mol. The average Bonchev–Trinajstić information content (AvgIpc) is 3.21. The van der Waals surface area contributed by atoms with E-state index >= 15 is 0 Å². The van der Waals surface area contributed by atoms with Gasteiger partial charge in [0.05, 0.1) is 16.9 Å². The minimum absolute atomic E-state index is 0.141. The first kappa shape index (κ1) is 17.3. The summed E-state index contributed by atoms with van der Waals surface area (Å²) in [6, 6.07) is 10.6. The zero-order chi connectivity index (χ0) is 18.1. The van der Waals surface area contributed by atoms with Crippen LogP contribution in [-0.4, -0.2) is 44.4 Å². The number of benzene rings is 1. The molecule has 3 heterocycles. The molecule has 1 amide bonds. The minimum Gasteiger partial charge on any atom is -0.459 e. The number of rotatable bonds is 4. The predicted octanol–water partition coefficient (Wildman–Crippen LogP) is 2.22. The number of likely N-dealkylation sites (tertiary alicyclic amines) is 1. The molecule has 2 atom stereocenters. The number of nitrogens with one attached hydrogen (secondary N) is 1. The summed E-state index contributed by atoms with van der Waals surface area (Å²) < 4.78 is 30.7. The molecule has 138 valence electrons. The molecule has 1 N–H and O–H groups in total. The van der Waals surface area contributed by atoms with Gasteiger partial charge in [-0.15, -0.1) is 0 Å². The first-order chi connectivity index (χ1) is 12.5. The molecular weight excluding hydrogens is 352 g/mol. The monoisotopic (exact) mass is 374 g/mol. The Morgan fingerprint density at radius 3 is 2.69 bits per heavy atom. The fraction of sp³-hybridized carbons (Fsp3) is 0.421. The van der Waals surface area contributed by atoms with Crippen molar-refractivity contribution < 1.29 is 17.6 Å². The number of hydrogen-bond acceptors (Lipinski definition) is 5. The summed E-state index contributed by atoms with van der Waals surface area (Å²) in [5, 5.41) is 3.54. The largest absolute Gasteiger partial charge is 0.459 e. The van der Waals surface area contributed by atoms with Crippen LogP contribution < -0.4 is 5.32 Å². The minimum atomic E-state index is -3.53. The van der Waals surface area contributed by atoms with Crippen molar-refractivity contribution in [3.8, 4) is 0 Å². The summed E-state index contributed by atoms with van der Waals surface area (Å²) in [5.41, 5.74) is 0.418. The standard InChI is InChI=1S/C19H22N2O4S/c22-19(21-10-8-15-6-7-16(12-21)20-15)18-14(9-11-25-18)13-26(23,24)17-4-2-1-3-5-17/h1-5,9,11,15-16,20H,6-8,10,12-13H2. The lowest BCUT2D eigenvalue weighted by molar-refractivity contribution is 0.0715. The van der Waals surface area contributed by atoms with Crippen LogP contribution >= 0.6 is 0 Å². The maximum absolute atomic E-state index is 12.9. The van der Waals surface area contributed by atoms with E-state index in [1.165, 1.54) is 6.26 Å². The number of sulfone groups is 1. The fourth-order valence-electron chi connectivity index (χ4n) is 3.82. The Bertz CT molecular complexity index is 891. The van der Waals surface area contributed by atoms with Gasteiger partial charge in [-0.1, -0.05) is 18.2 Å². The van der Waals surface area contributed by atoms with Crippen LogP contribution in [0.5, 0.6) is 0 Å². The van der Waals surface area contributed by atoms with Crippen molar-refractivity contribution in [3.63, 3.8) is 0 Å².